The molecule has 0 bridgehead atoms. The quantitative estimate of drug-likeness (QED) is 0.769. The maximum absolute atomic E-state index is 10.8. The molecule has 4 heteroatoms. The Labute approximate surface area is 116 Å². The molecule has 0 aliphatic carbocycles. The smallest absolute Gasteiger partial charge is 0.228 e. The Morgan fingerprint density at radius 1 is 0.650 bits per heavy atom. The summed E-state index contributed by atoms with van der Waals surface area (Å²) >= 11 is 0. The lowest BCUT2D eigenvalue weighted by atomic mass is 10.2. The lowest BCUT2D eigenvalue weighted by Crippen LogP contribution is -2.03. The van der Waals surface area contributed by atoms with E-state index in [-0.39, 0.29) is 11.8 Å². The van der Waals surface area contributed by atoms with Gasteiger partial charge in [0.2, 0.25) is 11.8 Å². The van der Waals surface area contributed by atoms with Crippen LogP contribution in [0.1, 0.15) is 11.1 Å². The first kappa shape index (κ1) is 12.4. The third kappa shape index (κ3) is 2.54. The van der Waals surface area contributed by atoms with Crippen molar-refractivity contribution in [2.24, 2.45) is 0 Å². The third-order valence-electron chi connectivity index (χ3n) is 3.28. The minimum Gasteiger partial charge on any atom is -0.326 e. The summed E-state index contributed by atoms with van der Waals surface area (Å²) in [4.78, 5) is 21.6. The Morgan fingerprint density at radius 3 is 1.45 bits per heavy atom. The first-order valence-electron chi connectivity index (χ1n) is 6.48. The van der Waals surface area contributed by atoms with Gasteiger partial charge in [0.1, 0.15) is 0 Å². The van der Waals surface area contributed by atoms with Crippen molar-refractivity contribution < 1.29 is 9.59 Å². The lowest BCUT2D eigenvalue weighted by molar-refractivity contribution is -0.115. The third-order valence-corrected chi connectivity index (χ3v) is 3.28. The van der Waals surface area contributed by atoms with Gasteiger partial charge in [-0.2, -0.15) is 0 Å². The molecule has 0 radical (unpaired) electrons. The molecule has 0 unspecified atom stereocenters. The molecular weight excluding hydrogens is 252 g/mol. The van der Waals surface area contributed by atoms with E-state index >= 15 is 0 Å². The minimum atomic E-state index is 0.0983. The summed E-state index contributed by atoms with van der Waals surface area (Å²) in [6, 6.07) is 15.5. The average Bonchev–Trinajstić information content (AvgIpc) is 2.99. The van der Waals surface area contributed by atoms with Gasteiger partial charge in [-0.25, -0.2) is 0 Å². The van der Waals surface area contributed by atoms with Crippen LogP contribution in [0.2, 0.25) is 0 Å². The fourth-order valence-electron chi connectivity index (χ4n) is 2.33. The Hall–Kier alpha value is -2.62. The van der Waals surface area contributed by atoms with Crippen molar-refractivity contribution in [2.75, 3.05) is 10.6 Å². The number of hydrogen-bond acceptors (Lipinski definition) is 2. The van der Waals surface area contributed by atoms with Crippen LogP contribution >= 0.6 is 0 Å². The number of nitrogens with one attached hydrogen (secondary N) is 2. The van der Waals surface area contributed by atoms with Crippen LogP contribution in [0.5, 0.6) is 0 Å². The van der Waals surface area contributed by atoms with Crippen molar-refractivity contribution in [1.82, 2.24) is 0 Å². The van der Waals surface area contributed by atoms with E-state index < -0.39 is 0 Å². The molecule has 100 valence electrons. The molecule has 2 aromatic carbocycles. The second-order valence-electron chi connectivity index (χ2n) is 4.76. The van der Waals surface area contributed by atoms with E-state index in [1.54, 1.807) is 0 Å². The van der Waals surface area contributed by atoms with E-state index in [1.165, 1.54) is 0 Å². The summed E-state index contributed by atoms with van der Waals surface area (Å²) in [7, 11) is 0. The van der Waals surface area contributed by atoms with E-state index in [0.29, 0.717) is 12.8 Å². The number of para-hydroxylation sites is 2. The van der Waals surface area contributed by atoms with Crippen LogP contribution in [0.3, 0.4) is 0 Å². The van der Waals surface area contributed by atoms with E-state index in [1.807, 2.05) is 48.5 Å². The van der Waals surface area contributed by atoms with Crippen LogP contribution in [-0.4, -0.2) is 11.8 Å². The number of amides is 2. The van der Waals surface area contributed by atoms with E-state index in [9.17, 15) is 9.59 Å². The highest BCUT2D eigenvalue weighted by atomic mass is 16.2. The van der Waals surface area contributed by atoms with Crippen molar-refractivity contribution >= 4 is 23.2 Å². The molecule has 0 saturated carbocycles. The summed E-state index contributed by atoms with van der Waals surface area (Å²) in [6.07, 6.45) is 1.08. The molecular formula is C16H14N2O2. The van der Waals surface area contributed by atoms with Crippen LogP contribution in [0, 0.1) is 0 Å². The molecule has 2 aliphatic heterocycles. The van der Waals surface area contributed by atoms with Crippen LogP contribution in [-0.2, 0) is 22.4 Å². The molecule has 0 spiro atoms. The molecule has 2 aromatic rings. The number of hydrogen-bond donors (Lipinski definition) is 2. The normalized spacial score (nSPS) is 14.6. The van der Waals surface area contributed by atoms with Crippen LogP contribution in [0.15, 0.2) is 48.5 Å². The second kappa shape index (κ2) is 5.17. The van der Waals surface area contributed by atoms with E-state index in [4.69, 9.17) is 0 Å². The monoisotopic (exact) mass is 266 g/mol. The standard InChI is InChI=1S/2C8H7NO/c2*10-8-5-6-3-1-2-4-7(6)9-8/h2*1-4H,5H2,(H,9,10). The molecule has 2 heterocycles. The Kier molecular flexibility index (Phi) is 3.21. The molecule has 20 heavy (non-hydrogen) atoms. The van der Waals surface area contributed by atoms with Gasteiger partial charge in [-0.15, -0.1) is 0 Å². The fraction of sp³-hybridized carbons (Fsp3) is 0.125. The first-order valence-corrected chi connectivity index (χ1v) is 6.48. The highest BCUT2D eigenvalue weighted by molar-refractivity contribution is 5.99. The van der Waals surface area contributed by atoms with Gasteiger partial charge < -0.3 is 10.6 Å². The number of benzene rings is 2. The highest BCUT2D eigenvalue weighted by Crippen LogP contribution is 2.21. The zero-order chi connectivity index (χ0) is 13.9. The summed E-state index contributed by atoms with van der Waals surface area (Å²) in [5.74, 6) is 0.197. The molecule has 4 rings (SSSR count). The maximum atomic E-state index is 10.8. The van der Waals surface area contributed by atoms with Crippen molar-refractivity contribution in [2.45, 2.75) is 12.8 Å². The van der Waals surface area contributed by atoms with Crippen molar-refractivity contribution in [3.05, 3.63) is 59.7 Å². The molecule has 0 atom stereocenters. The fourth-order valence-corrected chi connectivity index (χ4v) is 2.33. The van der Waals surface area contributed by atoms with Crippen LogP contribution in [0.4, 0.5) is 11.4 Å². The highest BCUT2D eigenvalue weighted by Gasteiger charge is 2.15. The molecule has 2 amide bonds. The van der Waals surface area contributed by atoms with Gasteiger partial charge >= 0.3 is 0 Å². The van der Waals surface area contributed by atoms with Crippen molar-refractivity contribution in [3.8, 4) is 0 Å². The Morgan fingerprint density at radius 2 is 1.05 bits per heavy atom. The zero-order valence-corrected chi connectivity index (χ0v) is 10.8. The van der Waals surface area contributed by atoms with Gasteiger partial charge in [0.15, 0.2) is 0 Å². The molecule has 0 aromatic heterocycles. The Bertz CT molecular complexity index is 566. The van der Waals surface area contributed by atoms with E-state index in [0.717, 1.165) is 22.5 Å². The molecule has 0 fully saturated rings. The summed E-state index contributed by atoms with van der Waals surface area (Å²) in [5.41, 5.74) is 4.14. The number of rotatable bonds is 0. The molecule has 2 N–H and O–H groups in total. The van der Waals surface area contributed by atoms with Gasteiger partial charge in [-0.1, -0.05) is 36.4 Å². The van der Waals surface area contributed by atoms with Crippen molar-refractivity contribution in [3.63, 3.8) is 0 Å². The number of fused-ring (bicyclic) bond motifs is 2. The second-order valence-corrected chi connectivity index (χ2v) is 4.76. The van der Waals surface area contributed by atoms with Gasteiger partial charge in [0.05, 0.1) is 12.8 Å². The number of anilines is 2. The molecule has 4 nitrogen and oxygen atoms in total. The predicted octanol–water partition coefficient (Wildman–Crippen LogP) is 2.36. The minimum absolute atomic E-state index is 0.0983. The summed E-state index contributed by atoms with van der Waals surface area (Å²) in [5, 5.41) is 5.52. The molecule has 0 saturated heterocycles. The summed E-state index contributed by atoms with van der Waals surface area (Å²) < 4.78 is 0. The molecule has 2 aliphatic rings. The average molecular weight is 266 g/mol. The number of carbonyl (C=O) groups excluding carboxylic acids is 2. The van der Waals surface area contributed by atoms with E-state index in [2.05, 4.69) is 10.6 Å². The zero-order valence-electron chi connectivity index (χ0n) is 10.8. The lowest BCUT2D eigenvalue weighted by Gasteiger charge is -1.93. The maximum Gasteiger partial charge on any atom is 0.228 e. The summed E-state index contributed by atoms with van der Waals surface area (Å²) in [6.45, 7) is 0. The number of carbonyl (C=O) groups is 2. The SMILES string of the molecule is O=C1Cc2ccccc2N1.O=C1Cc2ccccc2N1. The first-order chi connectivity index (χ1) is 9.72. The topological polar surface area (TPSA) is 58.2 Å². The van der Waals surface area contributed by atoms with Gasteiger partial charge in [0.25, 0.3) is 0 Å². The van der Waals surface area contributed by atoms with Crippen LogP contribution < -0.4 is 10.6 Å². The van der Waals surface area contributed by atoms with Crippen LogP contribution in [0.25, 0.3) is 0 Å². The van der Waals surface area contributed by atoms with Crippen molar-refractivity contribution in [1.29, 1.82) is 0 Å². The largest absolute Gasteiger partial charge is 0.326 e. The Balaban J connectivity index is 0.000000121. The van der Waals surface area contributed by atoms with Gasteiger partial charge in [0, 0.05) is 11.4 Å². The van der Waals surface area contributed by atoms with Gasteiger partial charge in [-0.3, -0.25) is 9.59 Å². The van der Waals surface area contributed by atoms with Gasteiger partial charge in [-0.05, 0) is 23.3 Å². The predicted molar refractivity (Wildman–Crippen MR) is 77.6 cm³/mol.